The zero-order valence-corrected chi connectivity index (χ0v) is 12.3. The molecule has 6 nitrogen and oxygen atoms in total. The van der Waals surface area contributed by atoms with Gasteiger partial charge in [0.1, 0.15) is 11.9 Å². The summed E-state index contributed by atoms with van der Waals surface area (Å²) in [6.07, 6.45) is 2.75. The number of rotatable bonds is 4. The molecule has 23 heavy (non-hydrogen) atoms. The Bertz CT molecular complexity index is 758. The van der Waals surface area contributed by atoms with E-state index in [0.717, 1.165) is 0 Å². The molecule has 1 aromatic heterocycles. The van der Waals surface area contributed by atoms with Gasteiger partial charge in [0.15, 0.2) is 0 Å². The fourth-order valence-corrected chi connectivity index (χ4v) is 3.28. The number of piperidine rings is 1. The van der Waals surface area contributed by atoms with Gasteiger partial charge in [0.05, 0.1) is 5.92 Å². The molecule has 1 aliphatic rings. The van der Waals surface area contributed by atoms with Crippen molar-refractivity contribution in [3.8, 4) is 0 Å². The van der Waals surface area contributed by atoms with E-state index in [9.17, 15) is 24.2 Å². The summed E-state index contributed by atoms with van der Waals surface area (Å²) in [4.78, 5) is 27.6. The van der Waals surface area contributed by atoms with E-state index in [1.54, 1.807) is 17.2 Å². The topological polar surface area (TPSA) is 93.6 Å². The Morgan fingerprint density at radius 2 is 2.13 bits per heavy atom. The van der Waals surface area contributed by atoms with Gasteiger partial charge in [-0.25, -0.2) is 4.39 Å². The number of likely N-dealkylation sites (tertiary alicyclic amines) is 1. The van der Waals surface area contributed by atoms with E-state index >= 15 is 0 Å². The number of carboxylic acid groups (broad SMARTS) is 2. The Hall–Kier alpha value is -2.41. The van der Waals surface area contributed by atoms with Gasteiger partial charge < -0.3 is 15.2 Å². The number of nitrogens with zero attached hydrogens (tertiary/aromatic N) is 1. The van der Waals surface area contributed by atoms with E-state index in [1.165, 1.54) is 12.1 Å². The minimum atomic E-state index is -1.04. The number of aromatic nitrogens is 1. The van der Waals surface area contributed by atoms with Gasteiger partial charge in [-0.15, -0.1) is 0 Å². The lowest BCUT2D eigenvalue weighted by atomic mass is 9.94. The largest absolute Gasteiger partial charge is 0.481 e. The highest BCUT2D eigenvalue weighted by atomic mass is 19.1. The van der Waals surface area contributed by atoms with Crippen LogP contribution >= 0.6 is 0 Å². The summed E-state index contributed by atoms with van der Waals surface area (Å²) in [7, 11) is 0. The first-order chi connectivity index (χ1) is 11.0. The van der Waals surface area contributed by atoms with Crippen LogP contribution in [0.2, 0.25) is 0 Å². The average molecular weight is 320 g/mol. The summed E-state index contributed by atoms with van der Waals surface area (Å²) in [5, 5.41) is 19.5. The van der Waals surface area contributed by atoms with E-state index in [-0.39, 0.29) is 6.54 Å². The summed E-state index contributed by atoms with van der Waals surface area (Å²) in [5.74, 6) is -2.91. The number of halogens is 1. The van der Waals surface area contributed by atoms with Gasteiger partial charge in [-0.2, -0.15) is 0 Å². The first-order valence-electron chi connectivity index (χ1n) is 7.43. The number of carbonyl (C=O) groups is 2. The van der Waals surface area contributed by atoms with Crippen LogP contribution in [0.1, 0.15) is 24.4 Å². The highest BCUT2D eigenvalue weighted by Gasteiger charge is 2.35. The summed E-state index contributed by atoms with van der Waals surface area (Å²) < 4.78 is 13.3. The molecular weight excluding hydrogens is 303 g/mol. The van der Waals surface area contributed by atoms with Gasteiger partial charge in [-0.3, -0.25) is 14.5 Å². The summed E-state index contributed by atoms with van der Waals surface area (Å²) in [6, 6.07) is 3.20. The van der Waals surface area contributed by atoms with Gasteiger partial charge >= 0.3 is 11.9 Å². The highest BCUT2D eigenvalue weighted by molar-refractivity contribution is 5.89. The van der Waals surface area contributed by atoms with Crippen LogP contribution in [0.4, 0.5) is 4.39 Å². The molecule has 0 amide bonds. The SMILES string of the molecule is O=C(O)[C@@H]1CCCN([C@H](C(=O)O)c2c[nH]c3cc(F)ccc23)C1. The van der Waals surface area contributed by atoms with Crippen molar-refractivity contribution in [3.05, 3.63) is 35.8 Å². The Kier molecular flexibility index (Phi) is 4.04. The van der Waals surface area contributed by atoms with Gasteiger partial charge in [0.2, 0.25) is 0 Å². The molecule has 0 radical (unpaired) electrons. The molecule has 1 saturated heterocycles. The van der Waals surface area contributed by atoms with Crippen molar-refractivity contribution < 1.29 is 24.2 Å². The van der Waals surface area contributed by atoms with Crippen molar-refractivity contribution in [1.82, 2.24) is 9.88 Å². The van der Waals surface area contributed by atoms with E-state index < -0.39 is 29.7 Å². The van der Waals surface area contributed by atoms with Crippen LogP contribution in [-0.2, 0) is 9.59 Å². The molecule has 122 valence electrons. The predicted molar refractivity (Wildman–Crippen MR) is 80.6 cm³/mol. The zero-order chi connectivity index (χ0) is 16.6. The van der Waals surface area contributed by atoms with Crippen molar-refractivity contribution in [2.45, 2.75) is 18.9 Å². The molecule has 3 rings (SSSR count). The fourth-order valence-electron chi connectivity index (χ4n) is 3.28. The molecule has 3 N–H and O–H groups in total. The van der Waals surface area contributed by atoms with Crippen LogP contribution in [0.5, 0.6) is 0 Å². The molecule has 7 heteroatoms. The third-order valence-corrected chi connectivity index (χ3v) is 4.37. The van der Waals surface area contributed by atoms with E-state index in [4.69, 9.17) is 0 Å². The molecular formula is C16H17FN2O4. The first kappa shape index (κ1) is 15.5. The lowest BCUT2D eigenvalue weighted by Gasteiger charge is -2.34. The molecule has 2 heterocycles. The second kappa shape index (κ2) is 6.00. The van der Waals surface area contributed by atoms with Crippen LogP contribution in [0, 0.1) is 11.7 Å². The zero-order valence-electron chi connectivity index (χ0n) is 12.3. The second-order valence-corrected chi connectivity index (χ2v) is 5.85. The number of hydrogen-bond acceptors (Lipinski definition) is 3. The van der Waals surface area contributed by atoms with Gasteiger partial charge in [0.25, 0.3) is 0 Å². The van der Waals surface area contributed by atoms with Crippen molar-refractivity contribution in [2.24, 2.45) is 5.92 Å². The predicted octanol–water partition coefficient (Wildman–Crippen LogP) is 2.23. The molecule has 0 bridgehead atoms. The summed E-state index contributed by atoms with van der Waals surface area (Å²) in [5.41, 5.74) is 1.05. The van der Waals surface area contributed by atoms with Gasteiger partial charge in [0, 0.05) is 29.2 Å². The Morgan fingerprint density at radius 3 is 2.83 bits per heavy atom. The maximum atomic E-state index is 13.3. The van der Waals surface area contributed by atoms with Crippen molar-refractivity contribution in [3.63, 3.8) is 0 Å². The lowest BCUT2D eigenvalue weighted by molar-refractivity contribution is -0.149. The Balaban J connectivity index is 1.97. The number of H-pyrrole nitrogens is 1. The van der Waals surface area contributed by atoms with Gasteiger partial charge in [-0.1, -0.05) is 0 Å². The lowest BCUT2D eigenvalue weighted by Crippen LogP contribution is -2.43. The van der Waals surface area contributed by atoms with Crippen LogP contribution < -0.4 is 0 Å². The minimum absolute atomic E-state index is 0.195. The number of fused-ring (bicyclic) bond motifs is 1. The first-order valence-corrected chi connectivity index (χ1v) is 7.43. The molecule has 0 spiro atoms. The number of hydrogen-bond donors (Lipinski definition) is 3. The van der Waals surface area contributed by atoms with Crippen LogP contribution in [0.3, 0.4) is 0 Å². The molecule has 2 atom stereocenters. The van der Waals surface area contributed by atoms with Crippen molar-refractivity contribution in [1.29, 1.82) is 0 Å². The normalized spacial score (nSPS) is 20.5. The monoisotopic (exact) mass is 320 g/mol. The molecule has 0 aliphatic carbocycles. The molecule has 2 aromatic rings. The fraction of sp³-hybridized carbons (Fsp3) is 0.375. The standard InChI is InChI=1S/C16H17FN2O4/c17-10-3-4-11-12(7-18-13(11)6-10)14(16(22)23)19-5-1-2-9(8-19)15(20)21/h3-4,6-7,9,14,18H,1-2,5,8H2,(H,20,21)(H,22,23)/t9-,14+/m1/s1. The van der Waals surface area contributed by atoms with Crippen LogP contribution in [0.25, 0.3) is 10.9 Å². The quantitative estimate of drug-likeness (QED) is 0.803. The number of aromatic amines is 1. The minimum Gasteiger partial charge on any atom is -0.481 e. The number of carboxylic acids is 2. The number of nitrogens with one attached hydrogen (secondary N) is 1. The average Bonchev–Trinajstić information content (AvgIpc) is 2.90. The second-order valence-electron chi connectivity index (χ2n) is 5.85. The molecule has 1 aromatic carbocycles. The third kappa shape index (κ3) is 2.92. The van der Waals surface area contributed by atoms with E-state index in [0.29, 0.717) is 35.9 Å². The molecule has 1 fully saturated rings. The number of benzene rings is 1. The Labute approximate surface area is 131 Å². The highest BCUT2D eigenvalue weighted by Crippen LogP contribution is 2.32. The summed E-state index contributed by atoms with van der Waals surface area (Å²) >= 11 is 0. The van der Waals surface area contributed by atoms with Crippen LogP contribution in [-0.4, -0.2) is 45.1 Å². The smallest absolute Gasteiger partial charge is 0.325 e. The summed E-state index contributed by atoms with van der Waals surface area (Å²) in [6.45, 7) is 0.717. The molecule has 0 saturated carbocycles. The maximum Gasteiger partial charge on any atom is 0.325 e. The molecule has 1 aliphatic heterocycles. The Morgan fingerprint density at radius 1 is 1.35 bits per heavy atom. The maximum absolute atomic E-state index is 13.3. The van der Waals surface area contributed by atoms with E-state index in [1.807, 2.05) is 0 Å². The number of aliphatic carboxylic acids is 2. The van der Waals surface area contributed by atoms with E-state index in [2.05, 4.69) is 4.98 Å². The molecule has 0 unspecified atom stereocenters. The van der Waals surface area contributed by atoms with Crippen molar-refractivity contribution >= 4 is 22.8 Å². The van der Waals surface area contributed by atoms with Crippen molar-refractivity contribution in [2.75, 3.05) is 13.1 Å². The van der Waals surface area contributed by atoms with Crippen LogP contribution in [0.15, 0.2) is 24.4 Å². The van der Waals surface area contributed by atoms with Gasteiger partial charge in [-0.05, 0) is 37.6 Å². The third-order valence-electron chi connectivity index (χ3n) is 4.37.